The standard InChI is InChI=1S/C15H11Cl3N2O2/c1-19-15(22)12-7-11(2-3-13(12)18)20-14(21)8-4-9(16)6-10(17)5-8/h2-7H,1H3,(H,19,22)(H,20,21). The van der Waals surface area contributed by atoms with Gasteiger partial charge in [0.2, 0.25) is 0 Å². The van der Waals surface area contributed by atoms with E-state index in [2.05, 4.69) is 10.6 Å². The lowest BCUT2D eigenvalue weighted by Crippen LogP contribution is -2.19. The van der Waals surface area contributed by atoms with Gasteiger partial charge < -0.3 is 10.6 Å². The highest BCUT2D eigenvalue weighted by molar-refractivity contribution is 6.35. The van der Waals surface area contributed by atoms with Crippen LogP contribution in [0.1, 0.15) is 20.7 Å². The van der Waals surface area contributed by atoms with Crippen LogP contribution in [0.4, 0.5) is 5.69 Å². The first-order valence-electron chi connectivity index (χ1n) is 6.20. The molecule has 0 bridgehead atoms. The van der Waals surface area contributed by atoms with Crippen LogP contribution in [0, 0.1) is 0 Å². The Morgan fingerprint density at radius 2 is 1.55 bits per heavy atom. The Balaban J connectivity index is 2.27. The number of anilines is 1. The van der Waals surface area contributed by atoms with Gasteiger partial charge in [0, 0.05) is 28.3 Å². The zero-order valence-electron chi connectivity index (χ0n) is 11.4. The van der Waals surface area contributed by atoms with Gasteiger partial charge in [-0.05, 0) is 36.4 Å². The topological polar surface area (TPSA) is 58.2 Å². The smallest absolute Gasteiger partial charge is 0.255 e. The van der Waals surface area contributed by atoms with Crippen LogP contribution in [0.25, 0.3) is 0 Å². The van der Waals surface area contributed by atoms with E-state index in [0.29, 0.717) is 26.3 Å². The second kappa shape index (κ2) is 7.01. The fourth-order valence-corrected chi connectivity index (χ4v) is 2.53. The molecule has 2 aromatic rings. The van der Waals surface area contributed by atoms with Crippen LogP contribution in [-0.4, -0.2) is 18.9 Å². The van der Waals surface area contributed by atoms with Crippen molar-refractivity contribution in [2.75, 3.05) is 12.4 Å². The van der Waals surface area contributed by atoms with Gasteiger partial charge in [-0.25, -0.2) is 0 Å². The molecule has 0 aliphatic rings. The average Bonchev–Trinajstić information content (AvgIpc) is 2.47. The van der Waals surface area contributed by atoms with Gasteiger partial charge in [-0.15, -0.1) is 0 Å². The number of amides is 2. The lowest BCUT2D eigenvalue weighted by molar-refractivity contribution is 0.0961. The summed E-state index contributed by atoms with van der Waals surface area (Å²) in [6.45, 7) is 0. The molecule has 0 spiro atoms. The molecule has 0 atom stereocenters. The molecule has 0 saturated carbocycles. The minimum absolute atomic E-state index is 0.270. The highest BCUT2D eigenvalue weighted by Gasteiger charge is 2.12. The molecule has 7 heteroatoms. The summed E-state index contributed by atoms with van der Waals surface area (Å²) in [5.74, 6) is -0.735. The summed E-state index contributed by atoms with van der Waals surface area (Å²) in [5, 5.41) is 6.16. The summed E-state index contributed by atoms with van der Waals surface area (Å²) >= 11 is 17.7. The number of carbonyl (C=O) groups is 2. The summed E-state index contributed by atoms with van der Waals surface area (Å²) in [6, 6.07) is 9.15. The van der Waals surface area contributed by atoms with E-state index in [1.807, 2.05) is 0 Å². The molecule has 114 valence electrons. The van der Waals surface area contributed by atoms with Crippen molar-refractivity contribution in [1.82, 2.24) is 5.32 Å². The third-order valence-electron chi connectivity index (χ3n) is 2.82. The molecule has 0 radical (unpaired) electrons. The van der Waals surface area contributed by atoms with Crippen molar-refractivity contribution < 1.29 is 9.59 Å². The van der Waals surface area contributed by atoms with Crippen LogP contribution in [0.5, 0.6) is 0 Å². The predicted octanol–water partition coefficient (Wildman–Crippen LogP) is 4.26. The van der Waals surface area contributed by atoms with Gasteiger partial charge >= 0.3 is 0 Å². The van der Waals surface area contributed by atoms with Crippen molar-refractivity contribution >= 4 is 52.3 Å². The Bertz CT molecular complexity index is 727. The van der Waals surface area contributed by atoms with Crippen molar-refractivity contribution in [3.63, 3.8) is 0 Å². The van der Waals surface area contributed by atoms with E-state index in [9.17, 15) is 9.59 Å². The molecule has 0 aliphatic heterocycles. The maximum atomic E-state index is 12.2. The van der Waals surface area contributed by atoms with E-state index in [-0.39, 0.29) is 11.5 Å². The Morgan fingerprint density at radius 3 is 2.14 bits per heavy atom. The van der Waals surface area contributed by atoms with Crippen LogP contribution in [0.2, 0.25) is 15.1 Å². The van der Waals surface area contributed by atoms with Gasteiger partial charge in [-0.2, -0.15) is 0 Å². The number of nitrogens with one attached hydrogen (secondary N) is 2. The van der Waals surface area contributed by atoms with Crippen molar-refractivity contribution in [2.45, 2.75) is 0 Å². The molecular weight excluding hydrogens is 347 g/mol. The average molecular weight is 358 g/mol. The van der Waals surface area contributed by atoms with Crippen molar-refractivity contribution in [1.29, 1.82) is 0 Å². The lowest BCUT2D eigenvalue weighted by Gasteiger charge is -2.09. The maximum absolute atomic E-state index is 12.2. The highest BCUT2D eigenvalue weighted by Crippen LogP contribution is 2.23. The summed E-state index contributed by atoms with van der Waals surface area (Å²) in [7, 11) is 1.50. The Kier molecular flexibility index (Phi) is 5.29. The maximum Gasteiger partial charge on any atom is 0.255 e. The molecule has 2 rings (SSSR count). The second-order valence-corrected chi connectivity index (χ2v) is 5.67. The molecular formula is C15H11Cl3N2O2. The number of halogens is 3. The van der Waals surface area contributed by atoms with Crippen LogP contribution in [0.3, 0.4) is 0 Å². The molecule has 22 heavy (non-hydrogen) atoms. The number of hydrogen-bond donors (Lipinski definition) is 2. The van der Waals surface area contributed by atoms with Crippen LogP contribution in [0.15, 0.2) is 36.4 Å². The first-order valence-corrected chi connectivity index (χ1v) is 7.33. The lowest BCUT2D eigenvalue weighted by atomic mass is 10.1. The van der Waals surface area contributed by atoms with Gasteiger partial charge in [0.1, 0.15) is 0 Å². The highest BCUT2D eigenvalue weighted by atomic mass is 35.5. The quantitative estimate of drug-likeness (QED) is 0.862. The fraction of sp³-hybridized carbons (Fsp3) is 0.0667. The SMILES string of the molecule is CNC(=O)c1cc(NC(=O)c2cc(Cl)cc(Cl)c2)ccc1Cl. The Morgan fingerprint density at radius 1 is 0.909 bits per heavy atom. The minimum Gasteiger partial charge on any atom is -0.355 e. The first-order chi connectivity index (χ1) is 10.4. The summed E-state index contributed by atoms with van der Waals surface area (Å²) < 4.78 is 0. The molecule has 2 aromatic carbocycles. The van der Waals surface area contributed by atoms with E-state index < -0.39 is 5.91 Å². The van der Waals surface area contributed by atoms with Gasteiger partial charge in [0.25, 0.3) is 11.8 Å². The van der Waals surface area contributed by atoms with Gasteiger partial charge in [-0.3, -0.25) is 9.59 Å². The van der Waals surface area contributed by atoms with Crippen molar-refractivity contribution in [2.24, 2.45) is 0 Å². The molecule has 0 aliphatic carbocycles. The minimum atomic E-state index is -0.394. The molecule has 0 unspecified atom stereocenters. The number of carbonyl (C=O) groups excluding carboxylic acids is 2. The van der Waals surface area contributed by atoms with E-state index in [4.69, 9.17) is 34.8 Å². The summed E-state index contributed by atoms with van der Waals surface area (Å²) in [5.41, 5.74) is 1.02. The van der Waals surface area contributed by atoms with Crippen LogP contribution >= 0.6 is 34.8 Å². The van der Waals surface area contributed by atoms with E-state index in [1.54, 1.807) is 6.07 Å². The third kappa shape index (κ3) is 3.91. The van der Waals surface area contributed by atoms with E-state index >= 15 is 0 Å². The number of rotatable bonds is 3. The molecule has 2 amide bonds. The van der Waals surface area contributed by atoms with Gasteiger partial charge in [0.15, 0.2) is 0 Å². The largest absolute Gasteiger partial charge is 0.355 e. The molecule has 0 aromatic heterocycles. The van der Waals surface area contributed by atoms with Crippen LogP contribution in [-0.2, 0) is 0 Å². The van der Waals surface area contributed by atoms with Gasteiger partial charge in [0.05, 0.1) is 10.6 Å². The van der Waals surface area contributed by atoms with E-state index in [1.165, 1.54) is 37.4 Å². The zero-order valence-corrected chi connectivity index (χ0v) is 13.7. The predicted molar refractivity (Wildman–Crippen MR) is 89.3 cm³/mol. The zero-order chi connectivity index (χ0) is 16.3. The molecule has 2 N–H and O–H groups in total. The Labute approximate surface area is 142 Å². The fourth-order valence-electron chi connectivity index (χ4n) is 1.80. The first kappa shape index (κ1) is 16.6. The number of hydrogen-bond acceptors (Lipinski definition) is 2. The monoisotopic (exact) mass is 356 g/mol. The summed E-state index contributed by atoms with van der Waals surface area (Å²) in [6.07, 6.45) is 0. The molecule has 0 saturated heterocycles. The van der Waals surface area contributed by atoms with Crippen molar-refractivity contribution in [3.05, 3.63) is 62.6 Å². The molecule has 4 nitrogen and oxygen atoms in total. The molecule has 0 fully saturated rings. The van der Waals surface area contributed by atoms with Gasteiger partial charge in [-0.1, -0.05) is 34.8 Å². The molecule has 0 heterocycles. The summed E-state index contributed by atoms with van der Waals surface area (Å²) in [4.78, 5) is 23.9. The third-order valence-corrected chi connectivity index (χ3v) is 3.59. The van der Waals surface area contributed by atoms with Crippen LogP contribution < -0.4 is 10.6 Å². The van der Waals surface area contributed by atoms with Crippen molar-refractivity contribution in [3.8, 4) is 0 Å². The normalized spacial score (nSPS) is 10.2. The number of benzene rings is 2. The Hall–Kier alpha value is -1.75. The second-order valence-electron chi connectivity index (χ2n) is 4.39. The van der Waals surface area contributed by atoms with E-state index in [0.717, 1.165) is 0 Å².